The topological polar surface area (TPSA) is 3.88 Å². The lowest BCUT2D eigenvalue weighted by molar-refractivity contribution is -0.698. The van der Waals surface area contributed by atoms with Crippen LogP contribution in [0.25, 0.3) is 10.2 Å². The van der Waals surface area contributed by atoms with Crippen molar-refractivity contribution in [2.45, 2.75) is 31.7 Å². The predicted octanol–water partition coefficient (Wildman–Crippen LogP) is 0.551. The fourth-order valence-electron chi connectivity index (χ4n) is 1.77. The zero-order valence-corrected chi connectivity index (χ0v) is 13.8. The number of halogens is 1. The molecule has 88 valence electrons. The summed E-state index contributed by atoms with van der Waals surface area (Å²) in [6.07, 6.45) is 2.15. The molecule has 2 rings (SSSR count). The number of thioether (sulfide) groups is 1. The lowest BCUT2D eigenvalue weighted by Gasteiger charge is -1.97. The van der Waals surface area contributed by atoms with Gasteiger partial charge in [-0.3, -0.25) is 0 Å². The Morgan fingerprint density at radius 3 is 2.44 bits per heavy atom. The standard InChI is InChI=1S/C12H16NS2.HI/c1-5-13-10-6-8(2)9(3)7-11(10)15-12(13)14-4;/h6-7H,5H2,1-4H3;1H/q+1;/p-1. The first kappa shape index (κ1) is 14.3. The first-order chi connectivity index (χ1) is 7.17. The van der Waals surface area contributed by atoms with Crippen LogP contribution in [0.4, 0.5) is 0 Å². The van der Waals surface area contributed by atoms with Crippen LogP contribution in [0.3, 0.4) is 0 Å². The monoisotopic (exact) mass is 365 g/mol. The normalized spacial score (nSPS) is 10.5. The van der Waals surface area contributed by atoms with E-state index in [0.29, 0.717) is 0 Å². The lowest BCUT2D eigenvalue weighted by Crippen LogP contribution is -3.00. The molecule has 0 aliphatic carbocycles. The van der Waals surface area contributed by atoms with E-state index >= 15 is 0 Å². The molecule has 0 N–H and O–H groups in total. The molecule has 16 heavy (non-hydrogen) atoms. The van der Waals surface area contributed by atoms with Crippen LogP contribution in [-0.2, 0) is 6.54 Å². The number of hydrogen-bond acceptors (Lipinski definition) is 2. The first-order valence-corrected chi connectivity index (χ1v) is 7.19. The smallest absolute Gasteiger partial charge is 0.298 e. The summed E-state index contributed by atoms with van der Waals surface area (Å²) in [7, 11) is 0. The van der Waals surface area contributed by atoms with Gasteiger partial charge >= 0.3 is 0 Å². The van der Waals surface area contributed by atoms with Gasteiger partial charge in [0.15, 0.2) is 0 Å². The highest BCUT2D eigenvalue weighted by atomic mass is 127. The van der Waals surface area contributed by atoms with Crippen LogP contribution in [0.2, 0.25) is 0 Å². The van der Waals surface area contributed by atoms with Gasteiger partial charge in [-0.2, -0.15) is 4.57 Å². The van der Waals surface area contributed by atoms with E-state index in [9.17, 15) is 0 Å². The molecule has 0 saturated carbocycles. The van der Waals surface area contributed by atoms with Gasteiger partial charge in [-0.1, -0.05) is 11.3 Å². The Kier molecular flexibility index (Phi) is 5.07. The van der Waals surface area contributed by atoms with Gasteiger partial charge in [0, 0.05) is 6.07 Å². The minimum atomic E-state index is 0. The molecule has 1 nitrogen and oxygen atoms in total. The van der Waals surface area contributed by atoms with E-state index in [-0.39, 0.29) is 24.0 Å². The Balaban J connectivity index is 0.00000128. The van der Waals surface area contributed by atoms with Crippen molar-refractivity contribution in [2.75, 3.05) is 6.26 Å². The predicted molar refractivity (Wildman–Crippen MR) is 68.9 cm³/mol. The molecule has 0 bridgehead atoms. The Morgan fingerprint density at radius 2 is 1.88 bits per heavy atom. The minimum absolute atomic E-state index is 0. The number of thiazole rings is 1. The fourth-order valence-corrected chi connectivity index (χ4v) is 3.85. The highest BCUT2D eigenvalue weighted by Gasteiger charge is 2.18. The minimum Gasteiger partial charge on any atom is -1.00 e. The Hall–Kier alpha value is 0.190. The molecule has 0 saturated heterocycles. The first-order valence-electron chi connectivity index (χ1n) is 5.15. The third kappa shape index (κ3) is 2.38. The van der Waals surface area contributed by atoms with Gasteiger partial charge in [-0.15, -0.1) is 0 Å². The molecule has 0 unspecified atom stereocenters. The van der Waals surface area contributed by atoms with Gasteiger partial charge in [0.05, 0.1) is 0 Å². The molecule has 0 atom stereocenters. The maximum atomic E-state index is 2.40. The van der Waals surface area contributed by atoms with Crippen LogP contribution in [0.1, 0.15) is 18.1 Å². The molecule has 0 aliphatic rings. The highest BCUT2D eigenvalue weighted by Crippen LogP contribution is 2.28. The van der Waals surface area contributed by atoms with Gasteiger partial charge in [-0.25, -0.2) is 0 Å². The molecule has 0 fully saturated rings. The SMILES string of the molecule is CC[n+]1c(SC)sc2cc(C)c(C)cc21.[I-]. The van der Waals surface area contributed by atoms with Crippen LogP contribution >= 0.6 is 23.1 Å². The number of fused-ring (bicyclic) bond motifs is 1. The van der Waals surface area contributed by atoms with E-state index < -0.39 is 0 Å². The van der Waals surface area contributed by atoms with Crippen molar-refractivity contribution in [3.63, 3.8) is 0 Å². The van der Waals surface area contributed by atoms with E-state index in [0.717, 1.165) is 6.54 Å². The van der Waals surface area contributed by atoms with Gasteiger partial charge in [0.25, 0.3) is 4.34 Å². The van der Waals surface area contributed by atoms with Gasteiger partial charge < -0.3 is 24.0 Å². The second-order valence-corrected chi connectivity index (χ2v) is 5.80. The quantitative estimate of drug-likeness (QED) is 0.427. The lowest BCUT2D eigenvalue weighted by atomic mass is 10.1. The molecule has 4 heteroatoms. The van der Waals surface area contributed by atoms with Gasteiger partial charge in [0.1, 0.15) is 11.2 Å². The summed E-state index contributed by atoms with van der Waals surface area (Å²) >= 11 is 3.74. The summed E-state index contributed by atoms with van der Waals surface area (Å²) in [6, 6.07) is 4.62. The summed E-state index contributed by atoms with van der Waals surface area (Å²) in [5, 5.41) is 0. The van der Waals surface area contributed by atoms with E-state index in [1.165, 1.54) is 25.7 Å². The number of nitrogens with zero attached hydrogens (tertiary/aromatic N) is 1. The Bertz CT molecular complexity index is 505. The number of rotatable bonds is 2. The molecule has 0 radical (unpaired) electrons. The molecule has 0 aliphatic heterocycles. The van der Waals surface area contributed by atoms with Crippen molar-refractivity contribution >= 4 is 33.3 Å². The third-order valence-corrected chi connectivity index (χ3v) is 5.04. The number of benzene rings is 1. The summed E-state index contributed by atoms with van der Waals surface area (Å²) < 4.78 is 5.21. The van der Waals surface area contributed by atoms with Crippen LogP contribution in [0, 0.1) is 13.8 Å². The largest absolute Gasteiger partial charge is 1.00 e. The number of hydrogen-bond donors (Lipinski definition) is 0. The third-order valence-electron chi connectivity index (χ3n) is 2.77. The van der Waals surface area contributed by atoms with Crippen LogP contribution < -0.4 is 28.5 Å². The number of aryl methyl sites for hydroxylation is 3. The number of aromatic nitrogens is 1. The molecule has 1 heterocycles. The second kappa shape index (κ2) is 5.69. The zero-order chi connectivity index (χ0) is 11.0. The van der Waals surface area contributed by atoms with Crippen molar-refractivity contribution in [3.05, 3.63) is 23.3 Å². The maximum Gasteiger partial charge on any atom is 0.298 e. The van der Waals surface area contributed by atoms with Gasteiger partial charge in [-0.05, 0) is 56.0 Å². The molecule has 0 spiro atoms. The molecule has 0 amide bonds. The van der Waals surface area contributed by atoms with E-state index in [2.05, 4.69) is 43.7 Å². The molecule has 2 aromatic rings. The van der Waals surface area contributed by atoms with E-state index in [1.54, 1.807) is 0 Å². The zero-order valence-electron chi connectivity index (χ0n) is 10.0. The highest BCUT2D eigenvalue weighted by molar-refractivity contribution is 8.00. The van der Waals surface area contributed by atoms with Crippen LogP contribution in [0.15, 0.2) is 16.5 Å². The summed E-state index contributed by atoms with van der Waals surface area (Å²) in [5.41, 5.74) is 4.16. The maximum absolute atomic E-state index is 2.40. The van der Waals surface area contributed by atoms with Crippen molar-refractivity contribution < 1.29 is 28.5 Å². The van der Waals surface area contributed by atoms with Crippen molar-refractivity contribution in [1.29, 1.82) is 0 Å². The van der Waals surface area contributed by atoms with Crippen LogP contribution in [-0.4, -0.2) is 6.26 Å². The Morgan fingerprint density at radius 1 is 1.25 bits per heavy atom. The summed E-state index contributed by atoms with van der Waals surface area (Å²) in [6.45, 7) is 7.63. The second-order valence-electron chi connectivity index (χ2n) is 3.72. The van der Waals surface area contributed by atoms with Crippen molar-refractivity contribution in [1.82, 2.24) is 0 Å². The van der Waals surface area contributed by atoms with Gasteiger partial charge in [0.2, 0.25) is 5.52 Å². The average Bonchev–Trinajstić information content (AvgIpc) is 2.56. The molecule has 1 aromatic heterocycles. The molecular weight excluding hydrogens is 349 g/mol. The van der Waals surface area contributed by atoms with E-state index in [4.69, 9.17) is 0 Å². The summed E-state index contributed by atoms with van der Waals surface area (Å²) in [4.78, 5) is 0. The molecular formula is C12H16INS2. The average molecular weight is 365 g/mol. The molecule has 1 aromatic carbocycles. The van der Waals surface area contributed by atoms with Crippen molar-refractivity contribution in [3.8, 4) is 0 Å². The van der Waals surface area contributed by atoms with Crippen LogP contribution in [0.5, 0.6) is 0 Å². The van der Waals surface area contributed by atoms with E-state index in [1.807, 2.05) is 23.1 Å². The Labute approximate surface area is 122 Å². The van der Waals surface area contributed by atoms with Crippen molar-refractivity contribution in [2.24, 2.45) is 0 Å². The summed E-state index contributed by atoms with van der Waals surface area (Å²) in [5.74, 6) is 0. The fraction of sp³-hybridized carbons (Fsp3) is 0.417.